The summed E-state index contributed by atoms with van der Waals surface area (Å²) in [7, 11) is -1.95. The van der Waals surface area contributed by atoms with E-state index in [0.29, 0.717) is 23.7 Å². The number of aryl methyl sites for hydroxylation is 1. The van der Waals surface area contributed by atoms with Crippen LogP contribution in [0.3, 0.4) is 0 Å². The Morgan fingerprint density at radius 1 is 1.30 bits per heavy atom. The molecule has 0 saturated heterocycles. The maximum atomic E-state index is 12.7. The van der Waals surface area contributed by atoms with Crippen molar-refractivity contribution < 1.29 is 22.7 Å². The van der Waals surface area contributed by atoms with Gasteiger partial charge in [-0.3, -0.25) is 9.10 Å². The smallest absolute Gasteiger partial charge is 0.267 e. The van der Waals surface area contributed by atoms with E-state index in [1.165, 1.54) is 4.31 Å². The highest BCUT2D eigenvalue weighted by atomic mass is 32.2. The number of hydrogen-bond acceptors (Lipinski definition) is 5. The number of hydrogen-bond donors (Lipinski definition) is 1. The van der Waals surface area contributed by atoms with Crippen molar-refractivity contribution in [2.45, 2.75) is 19.6 Å². The van der Waals surface area contributed by atoms with Gasteiger partial charge in [-0.15, -0.1) is 0 Å². The van der Waals surface area contributed by atoms with Crippen molar-refractivity contribution in [1.82, 2.24) is 0 Å². The highest BCUT2D eigenvalue weighted by Crippen LogP contribution is 2.35. The van der Waals surface area contributed by atoms with Crippen molar-refractivity contribution in [1.29, 1.82) is 0 Å². The number of carbonyl (C=O) groups excluding carboxylic acids is 1. The molecular weight excluding hydrogens is 368 g/mol. The van der Waals surface area contributed by atoms with Crippen LogP contribution in [0.25, 0.3) is 0 Å². The normalized spacial score (nSPS) is 16.4. The predicted molar refractivity (Wildman–Crippen MR) is 104 cm³/mol. The van der Waals surface area contributed by atoms with Gasteiger partial charge in [0.15, 0.2) is 6.10 Å². The molecule has 0 aliphatic carbocycles. The lowest BCUT2D eigenvalue weighted by atomic mass is 10.1. The van der Waals surface area contributed by atoms with Gasteiger partial charge in [0, 0.05) is 12.8 Å². The maximum absolute atomic E-state index is 12.7. The zero-order chi connectivity index (χ0) is 19.6. The minimum atomic E-state index is -3.55. The summed E-state index contributed by atoms with van der Waals surface area (Å²) >= 11 is 0. The number of fused-ring (bicyclic) bond motifs is 1. The van der Waals surface area contributed by atoms with Gasteiger partial charge in [-0.1, -0.05) is 18.2 Å². The van der Waals surface area contributed by atoms with E-state index in [1.54, 1.807) is 31.4 Å². The lowest BCUT2D eigenvalue weighted by molar-refractivity contribution is -0.122. The molecule has 0 spiro atoms. The van der Waals surface area contributed by atoms with Crippen LogP contribution in [0, 0.1) is 6.92 Å². The second kappa shape index (κ2) is 7.58. The van der Waals surface area contributed by atoms with Crippen molar-refractivity contribution in [3.8, 4) is 5.75 Å². The molecular formula is C19H22N2O5S. The molecule has 1 aliphatic rings. The zero-order valence-corrected chi connectivity index (χ0v) is 16.2. The van der Waals surface area contributed by atoms with Gasteiger partial charge >= 0.3 is 0 Å². The van der Waals surface area contributed by atoms with Crippen LogP contribution in [0.1, 0.15) is 11.1 Å². The number of nitrogens with one attached hydrogen (secondary N) is 1. The molecule has 1 heterocycles. The molecule has 2 aromatic rings. The largest absolute Gasteiger partial charge is 0.476 e. The number of ether oxygens (including phenoxy) is 2. The molecule has 27 heavy (non-hydrogen) atoms. The lowest BCUT2D eigenvalue weighted by Crippen LogP contribution is -2.48. The number of rotatable bonds is 5. The number of anilines is 2. The van der Waals surface area contributed by atoms with Gasteiger partial charge in [0.25, 0.3) is 5.91 Å². The highest BCUT2D eigenvalue weighted by molar-refractivity contribution is 7.92. The summed E-state index contributed by atoms with van der Waals surface area (Å²) in [4.78, 5) is 12.7. The topological polar surface area (TPSA) is 84.9 Å². The summed E-state index contributed by atoms with van der Waals surface area (Å²) in [5.41, 5.74) is 2.86. The number of nitrogens with zero attached hydrogens (tertiary/aromatic N) is 1. The van der Waals surface area contributed by atoms with Crippen molar-refractivity contribution >= 4 is 27.3 Å². The van der Waals surface area contributed by atoms with E-state index in [0.717, 1.165) is 17.4 Å². The van der Waals surface area contributed by atoms with Gasteiger partial charge < -0.3 is 14.8 Å². The summed E-state index contributed by atoms with van der Waals surface area (Å²) in [5.74, 6) is -0.0367. The number of sulfonamides is 1. The van der Waals surface area contributed by atoms with Crippen LogP contribution in [0.5, 0.6) is 5.75 Å². The fourth-order valence-electron chi connectivity index (χ4n) is 2.94. The summed E-state index contributed by atoms with van der Waals surface area (Å²) in [5, 5.41) is 2.79. The molecule has 1 N–H and O–H groups in total. The quantitative estimate of drug-likeness (QED) is 0.847. The maximum Gasteiger partial charge on any atom is 0.267 e. The first kappa shape index (κ1) is 19.2. The fourth-order valence-corrected chi connectivity index (χ4v) is 3.85. The van der Waals surface area contributed by atoms with Crippen LogP contribution in [-0.4, -0.2) is 40.3 Å². The molecule has 0 bridgehead atoms. The van der Waals surface area contributed by atoms with Gasteiger partial charge in [-0.25, -0.2) is 8.42 Å². The molecule has 144 valence electrons. The molecule has 8 heteroatoms. The number of amides is 1. The average molecular weight is 390 g/mol. The Hall–Kier alpha value is -2.58. The monoisotopic (exact) mass is 390 g/mol. The Morgan fingerprint density at radius 2 is 2.07 bits per heavy atom. The molecule has 0 radical (unpaired) electrons. The van der Waals surface area contributed by atoms with E-state index in [4.69, 9.17) is 9.47 Å². The van der Waals surface area contributed by atoms with Gasteiger partial charge in [0.05, 0.1) is 25.1 Å². The van der Waals surface area contributed by atoms with E-state index in [1.807, 2.05) is 25.1 Å². The van der Waals surface area contributed by atoms with Crippen LogP contribution >= 0.6 is 0 Å². The molecule has 1 aliphatic heterocycles. The molecule has 0 aromatic heterocycles. The Kier molecular flexibility index (Phi) is 5.38. The average Bonchev–Trinajstić information content (AvgIpc) is 2.60. The third-order valence-corrected chi connectivity index (χ3v) is 5.33. The summed E-state index contributed by atoms with van der Waals surface area (Å²) in [6.07, 6.45) is 0.158. The van der Waals surface area contributed by atoms with E-state index in [-0.39, 0.29) is 6.54 Å². The van der Waals surface area contributed by atoms with Crippen molar-refractivity contribution in [2.24, 2.45) is 0 Å². The summed E-state index contributed by atoms with van der Waals surface area (Å²) in [6.45, 7) is 2.22. The van der Waals surface area contributed by atoms with Gasteiger partial charge in [-0.2, -0.15) is 0 Å². The molecule has 0 fully saturated rings. The predicted octanol–water partition coefficient (Wildman–Crippen LogP) is 2.31. The van der Waals surface area contributed by atoms with Crippen molar-refractivity contribution in [3.05, 3.63) is 53.6 Å². The molecule has 1 atom stereocenters. The molecule has 0 saturated carbocycles. The first-order chi connectivity index (χ1) is 12.8. The van der Waals surface area contributed by atoms with E-state index < -0.39 is 22.0 Å². The van der Waals surface area contributed by atoms with Crippen LogP contribution in [0.15, 0.2) is 42.5 Å². The first-order valence-electron chi connectivity index (χ1n) is 8.41. The molecule has 3 rings (SSSR count). The Balaban J connectivity index is 1.84. The molecule has 1 unspecified atom stereocenters. The Bertz CT molecular complexity index is 958. The second-order valence-corrected chi connectivity index (χ2v) is 8.40. The van der Waals surface area contributed by atoms with Crippen LogP contribution < -0.4 is 14.4 Å². The second-order valence-electron chi connectivity index (χ2n) is 6.49. The number of carbonyl (C=O) groups is 1. The van der Waals surface area contributed by atoms with Crippen molar-refractivity contribution in [3.63, 3.8) is 0 Å². The summed E-state index contributed by atoms with van der Waals surface area (Å²) in [6, 6.07) is 12.5. The Morgan fingerprint density at radius 3 is 2.78 bits per heavy atom. The third-order valence-electron chi connectivity index (χ3n) is 4.18. The van der Waals surface area contributed by atoms with Gasteiger partial charge in [0.2, 0.25) is 10.0 Å². The fraction of sp³-hybridized carbons (Fsp3) is 0.316. The minimum Gasteiger partial charge on any atom is -0.476 e. The SMILES string of the molecule is COCc1cccc(NC(=O)C2CN(S(C)(=O)=O)c3ccc(C)cc3O2)c1. The van der Waals surface area contributed by atoms with E-state index in [9.17, 15) is 13.2 Å². The van der Waals surface area contributed by atoms with Crippen LogP contribution in [0.2, 0.25) is 0 Å². The van der Waals surface area contributed by atoms with Crippen LogP contribution in [-0.2, 0) is 26.2 Å². The van der Waals surface area contributed by atoms with Crippen LogP contribution in [0.4, 0.5) is 11.4 Å². The minimum absolute atomic E-state index is 0.0848. The molecule has 7 nitrogen and oxygen atoms in total. The lowest BCUT2D eigenvalue weighted by Gasteiger charge is -2.34. The first-order valence-corrected chi connectivity index (χ1v) is 10.3. The molecule has 2 aromatic carbocycles. The number of benzene rings is 2. The standard InChI is InChI=1S/C19H22N2O5S/c1-13-7-8-16-17(9-13)26-18(11-21(16)27(3,23)24)19(22)20-15-6-4-5-14(10-15)12-25-2/h4-10,18H,11-12H2,1-3H3,(H,20,22). The zero-order valence-electron chi connectivity index (χ0n) is 15.4. The van der Waals surface area contributed by atoms with E-state index in [2.05, 4.69) is 5.32 Å². The third kappa shape index (κ3) is 4.40. The van der Waals surface area contributed by atoms with Crippen molar-refractivity contribution in [2.75, 3.05) is 29.5 Å². The van der Waals surface area contributed by atoms with Gasteiger partial charge in [0.1, 0.15) is 5.75 Å². The Labute approximate surface area is 158 Å². The molecule has 1 amide bonds. The van der Waals surface area contributed by atoms with Gasteiger partial charge in [-0.05, 0) is 42.3 Å². The summed E-state index contributed by atoms with van der Waals surface area (Å²) < 4.78 is 36.5. The van der Waals surface area contributed by atoms with E-state index >= 15 is 0 Å². The highest BCUT2D eigenvalue weighted by Gasteiger charge is 2.35. The number of methoxy groups -OCH3 is 1.